The fraction of sp³-hybridized carbons (Fsp3) is 0.211. The van der Waals surface area contributed by atoms with Gasteiger partial charge >= 0.3 is 0 Å². The molecule has 6 heteroatoms. The van der Waals surface area contributed by atoms with E-state index in [1.807, 2.05) is 37.3 Å². The molecule has 2 aromatic carbocycles. The first-order valence-corrected chi connectivity index (χ1v) is 8.01. The second kappa shape index (κ2) is 7.17. The number of aromatic hydroxyl groups is 1. The number of carbonyl (C=O) groups is 2. The summed E-state index contributed by atoms with van der Waals surface area (Å²) in [6.45, 7) is 2.31. The van der Waals surface area contributed by atoms with Crippen LogP contribution in [-0.2, 0) is 9.59 Å². The molecule has 0 spiro atoms. The lowest BCUT2D eigenvalue weighted by molar-refractivity contribution is -0.133. The SMILES string of the molecule is Cc1ccc(O)c(/C=N/NC(=O)C2C(=O)NCC2c2ccccc2)c1. The van der Waals surface area contributed by atoms with Gasteiger partial charge in [-0.15, -0.1) is 0 Å². The van der Waals surface area contributed by atoms with Crippen LogP contribution in [0.1, 0.15) is 22.6 Å². The predicted molar refractivity (Wildman–Crippen MR) is 94.3 cm³/mol. The van der Waals surface area contributed by atoms with Crippen LogP contribution >= 0.6 is 0 Å². The maximum atomic E-state index is 12.4. The van der Waals surface area contributed by atoms with E-state index in [1.54, 1.807) is 18.2 Å². The largest absolute Gasteiger partial charge is 0.507 e. The Morgan fingerprint density at radius 2 is 2.04 bits per heavy atom. The van der Waals surface area contributed by atoms with Crippen LogP contribution in [0.3, 0.4) is 0 Å². The number of hydrazone groups is 1. The van der Waals surface area contributed by atoms with Crippen molar-refractivity contribution in [1.29, 1.82) is 0 Å². The Labute approximate surface area is 145 Å². The van der Waals surface area contributed by atoms with Gasteiger partial charge in [0, 0.05) is 18.0 Å². The van der Waals surface area contributed by atoms with E-state index >= 15 is 0 Å². The summed E-state index contributed by atoms with van der Waals surface area (Å²) < 4.78 is 0. The zero-order chi connectivity index (χ0) is 17.8. The third-order valence-electron chi connectivity index (χ3n) is 4.25. The van der Waals surface area contributed by atoms with Gasteiger partial charge in [0.2, 0.25) is 5.91 Å². The Bertz CT molecular complexity index is 818. The molecule has 1 fully saturated rings. The van der Waals surface area contributed by atoms with Gasteiger partial charge < -0.3 is 10.4 Å². The molecule has 25 heavy (non-hydrogen) atoms. The number of amides is 2. The topological polar surface area (TPSA) is 90.8 Å². The van der Waals surface area contributed by atoms with E-state index in [4.69, 9.17) is 0 Å². The van der Waals surface area contributed by atoms with Crippen LogP contribution in [0.25, 0.3) is 0 Å². The van der Waals surface area contributed by atoms with Gasteiger partial charge in [0.25, 0.3) is 5.91 Å². The molecule has 0 aliphatic carbocycles. The normalized spacial score (nSPS) is 19.8. The van der Waals surface area contributed by atoms with Crippen molar-refractivity contribution in [3.05, 3.63) is 65.2 Å². The van der Waals surface area contributed by atoms with Gasteiger partial charge in [-0.25, -0.2) is 5.43 Å². The first-order chi connectivity index (χ1) is 12.1. The molecular formula is C19H19N3O3. The lowest BCUT2D eigenvalue weighted by atomic mass is 9.88. The van der Waals surface area contributed by atoms with Crippen molar-refractivity contribution in [3.63, 3.8) is 0 Å². The minimum atomic E-state index is -0.828. The molecule has 128 valence electrons. The number of phenolic OH excluding ortho intramolecular Hbond substituents is 1. The fourth-order valence-corrected chi connectivity index (χ4v) is 2.95. The molecular weight excluding hydrogens is 318 g/mol. The van der Waals surface area contributed by atoms with Gasteiger partial charge in [-0.3, -0.25) is 9.59 Å². The van der Waals surface area contributed by atoms with Gasteiger partial charge in [-0.2, -0.15) is 5.10 Å². The maximum absolute atomic E-state index is 12.4. The highest BCUT2D eigenvalue weighted by molar-refractivity contribution is 6.03. The molecule has 0 aromatic heterocycles. The number of nitrogens with zero attached hydrogens (tertiary/aromatic N) is 1. The van der Waals surface area contributed by atoms with Gasteiger partial charge in [-0.05, 0) is 24.6 Å². The third-order valence-corrected chi connectivity index (χ3v) is 4.25. The van der Waals surface area contributed by atoms with Crippen LogP contribution in [0.4, 0.5) is 0 Å². The summed E-state index contributed by atoms with van der Waals surface area (Å²) in [4.78, 5) is 24.5. The quantitative estimate of drug-likeness (QED) is 0.450. The van der Waals surface area contributed by atoms with Gasteiger partial charge in [0.1, 0.15) is 11.7 Å². The monoisotopic (exact) mass is 337 g/mol. The van der Waals surface area contributed by atoms with Crippen LogP contribution in [0.15, 0.2) is 53.6 Å². The highest BCUT2D eigenvalue weighted by Gasteiger charge is 2.40. The van der Waals surface area contributed by atoms with Gasteiger partial charge in [0.05, 0.1) is 6.21 Å². The second-order valence-corrected chi connectivity index (χ2v) is 6.04. The molecule has 0 saturated carbocycles. The highest BCUT2D eigenvalue weighted by atomic mass is 16.3. The van der Waals surface area contributed by atoms with Crippen LogP contribution in [0, 0.1) is 12.8 Å². The molecule has 3 rings (SSSR count). The van der Waals surface area contributed by atoms with Crippen LogP contribution < -0.4 is 10.7 Å². The molecule has 2 amide bonds. The Balaban J connectivity index is 1.72. The number of hydrogen-bond donors (Lipinski definition) is 3. The van der Waals surface area contributed by atoms with Crippen molar-refractivity contribution in [2.75, 3.05) is 6.54 Å². The molecule has 2 atom stereocenters. The first kappa shape index (κ1) is 16.7. The van der Waals surface area contributed by atoms with Gasteiger partial charge in [-0.1, -0.05) is 42.0 Å². The van der Waals surface area contributed by atoms with E-state index in [1.165, 1.54) is 6.21 Å². The molecule has 1 saturated heterocycles. The number of phenols is 1. The standard InChI is InChI=1S/C19H19N3O3/c1-12-7-8-16(23)14(9-12)10-21-22-19(25)17-15(11-20-18(17)24)13-5-3-2-4-6-13/h2-10,15,17,23H,11H2,1H3,(H,20,24)(H,22,25)/b21-10+. The van der Waals surface area contributed by atoms with E-state index in [0.717, 1.165) is 11.1 Å². The number of aryl methyl sites for hydroxylation is 1. The zero-order valence-electron chi connectivity index (χ0n) is 13.8. The second-order valence-electron chi connectivity index (χ2n) is 6.04. The summed E-state index contributed by atoms with van der Waals surface area (Å²) in [7, 11) is 0. The summed E-state index contributed by atoms with van der Waals surface area (Å²) in [5.41, 5.74) is 4.80. The maximum Gasteiger partial charge on any atom is 0.253 e. The molecule has 2 unspecified atom stereocenters. The predicted octanol–water partition coefficient (Wildman–Crippen LogP) is 1.68. The molecule has 1 aliphatic rings. The van der Waals surface area contributed by atoms with E-state index < -0.39 is 11.8 Å². The summed E-state index contributed by atoms with van der Waals surface area (Å²) in [6, 6.07) is 14.5. The lowest BCUT2D eigenvalue weighted by Gasteiger charge is -2.15. The fourth-order valence-electron chi connectivity index (χ4n) is 2.95. The summed E-state index contributed by atoms with van der Waals surface area (Å²) in [6.07, 6.45) is 1.37. The summed E-state index contributed by atoms with van der Waals surface area (Å²) in [5.74, 6) is -1.75. The van der Waals surface area contributed by atoms with Crippen LogP contribution in [0.5, 0.6) is 5.75 Å². The van der Waals surface area contributed by atoms with Gasteiger partial charge in [0.15, 0.2) is 0 Å². The number of rotatable bonds is 4. The van der Waals surface area contributed by atoms with E-state index in [9.17, 15) is 14.7 Å². The lowest BCUT2D eigenvalue weighted by Crippen LogP contribution is -2.34. The minimum absolute atomic E-state index is 0.0735. The average Bonchev–Trinajstić information content (AvgIpc) is 3.00. The smallest absolute Gasteiger partial charge is 0.253 e. The van der Waals surface area contributed by atoms with Crippen LogP contribution in [-0.4, -0.2) is 29.7 Å². The van der Waals surface area contributed by atoms with E-state index in [2.05, 4.69) is 15.8 Å². The van der Waals surface area contributed by atoms with Crippen molar-refractivity contribution in [2.45, 2.75) is 12.8 Å². The number of hydrogen-bond acceptors (Lipinski definition) is 4. The van der Waals surface area contributed by atoms with E-state index in [-0.39, 0.29) is 17.6 Å². The van der Waals surface area contributed by atoms with Crippen molar-refractivity contribution in [3.8, 4) is 5.75 Å². The van der Waals surface area contributed by atoms with Crippen LogP contribution in [0.2, 0.25) is 0 Å². The summed E-state index contributed by atoms with van der Waals surface area (Å²) in [5, 5.41) is 16.4. The van der Waals surface area contributed by atoms with E-state index in [0.29, 0.717) is 12.1 Å². The molecule has 3 N–H and O–H groups in total. The van der Waals surface area contributed by atoms with Crippen molar-refractivity contribution >= 4 is 18.0 Å². The number of carbonyl (C=O) groups excluding carboxylic acids is 2. The first-order valence-electron chi connectivity index (χ1n) is 8.01. The molecule has 2 aromatic rings. The Morgan fingerprint density at radius 1 is 1.28 bits per heavy atom. The van der Waals surface area contributed by atoms with Crippen molar-refractivity contribution in [1.82, 2.24) is 10.7 Å². The van der Waals surface area contributed by atoms with Crippen molar-refractivity contribution in [2.24, 2.45) is 11.0 Å². The Hall–Kier alpha value is -3.15. The molecule has 1 heterocycles. The third kappa shape index (κ3) is 3.68. The Morgan fingerprint density at radius 3 is 2.80 bits per heavy atom. The molecule has 0 radical (unpaired) electrons. The molecule has 6 nitrogen and oxygen atoms in total. The molecule has 0 bridgehead atoms. The minimum Gasteiger partial charge on any atom is -0.507 e. The number of nitrogens with one attached hydrogen (secondary N) is 2. The highest BCUT2D eigenvalue weighted by Crippen LogP contribution is 2.29. The molecule has 1 aliphatic heterocycles. The average molecular weight is 337 g/mol. The number of benzene rings is 2. The summed E-state index contributed by atoms with van der Waals surface area (Å²) >= 11 is 0. The zero-order valence-corrected chi connectivity index (χ0v) is 13.8. The Kier molecular flexibility index (Phi) is 4.79. The van der Waals surface area contributed by atoms with Crippen molar-refractivity contribution < 1.29 is 14.7 Å².